The van der Waals surface area contributed by atoms with Gasteiger partial charge in [-0.2, -0.15) is 0 Å². The van der Waals surface area contributed by atoms with Gasteiger partial charge < -0.3 is 0 Å². The van der Waals surface area contributed by atoms with Crippen molar-refractivity contribution in [2.45, 2.75) is 11.3 Å². The van der Waals surface area contributed by atoms with E-state index < -0.39 is 37.6 Å². The van der Waals surface area contributed by atoms with Gasteiger partial charge in [0.15, 0.2) is 10.6 Å². The Balaban J connectivity index is 3.80. The number of nitrogens with zero attached hydrogens (tertiary/aromatic N) is 2. The lowest BCUT2D eigenvalue weighted by Gasteiger charge is -2.06. The summed E-state index contributed by atoms with van der Waals surface area (Å²) in [6, 6.07) is 0. The molecule has 2 N–H and O–H groups in total. The summed E-state index contributed by atoms with van der Waals surface area (Å²) in [4.78, 5) is 11.5. The van der Waals surface area contributed by atoms with Crippen molar-refractivity contribution >= 4 is 31.6 Å². The largest absolute Gasteiger partial charge is 0.317 e. The monoisotopic (exact) mass is 331 g/mol. The summed E-state index contributed by atoms with van der Waals surface area (Å²) < 4.78 is 46.8. The smallest absolute Gasteiger partial charge is 0.258 e. The third-order valence-electron chi connectivity index (χ3n) is 1.67. The first-order chi connectivity index (χ1) is 7.66. The molecule has 1 rings (SSSR count). The predicted molar refractivity (Wildman–Crippen MR) is 54.9 cm³/mol. The third-order valence-corrected chi connectivity index (χ3v) is 3.51. The van der Waals surface area contributed by atoms with Crippen LogP contribution in [0, 0.1) is 10.1 Å². The van der Waals surface area contributed by atoms with Gasteiger partial charge in [-0.1, -0.05) is 0 Å². The van der Waals surface area contributed by atoms with Gasteiger partial charge in [0.25, 0.3) is 6.43 Å². The zero-order chi connectivity index (χ0) is 13.4. The molecule has 1 heterocycles. The molecule has 0 saturated heterocycles. The minimum Gasteiger partial charge on any atom is -0.258 e. The van der Waals surface area contributed by atoms with Gasteiger partial charge in [0.1, 0.15) is 0 Å². The maximum Gasteiger partial charge on any atom is 0.317 e. The van der Waals surface area contributed by atoms with Crippen molar-refractivity contribution in [3.63, 3.8) is 0 Å². The first kappa shape index (κ1) is 13.9. The van der Waals surface area contributed by atoms with Crippen LogP contribution in [0.4, 0.5) is 14.5 Å². The number of pyridine rings is 1. The lowest BCUT2D eigenvalue weighted by atomic mass is 10.3. The molecule has 1 aromatic heterocycles. The lowest BCUT2D eigenvalue weighted by molar-refractivity contribution is -0.389. The average molecular weight is 332 g/mol. The SMILES string of the molecule is NS(=O)(=O)c1c(Br)cnc(C(F)F)c1[N+](=O)[O-]. The second kappa shape index (κ2) is 4.58. The minimum absolute atomic E-state index is 0.351. The van der Waals surface area contributed by atoms with Crippen molar-refractivity contribution < 1.29 is 22.1 Å². The van der Waals surface area contributed by atoms with Gasteiger partial charge in [-0.15, -0.1) is 0 Å². The van der Waals surface area contributed by atoms with E-state index in [4.69, 9.17) is 5.14 Å². The summed E-state index contributed by atoms with van der Waals surface area (Å²) in [5.41, 5.74) is -2.57. The van der Waals surface area contributed by atoms with Crippen molar-refractivity contribution in [3.8, 4) is 0 Å². The van der Waals surface area contributed by atoms with Gasteiger partial charge in [0, 0.05) is 6.20 Å². The molecular weight excluding hydrogens is 328 g/mol. The normalized spacial score (nSPS) is 11.8. The van der Waals surface area contributed by atoms with E-state index in [2.05, 4.69) is 20.9 Å². The number of hydrogen-bond acceptors (Lipinski definition) is 5. The Labute approximate surface area is 102 Å². The summed E-state index contributed by atoms with van der Waals surface area (Å²) in [6.45, 7) is 0. The first-order valence-corrected chi connectivity index (χ1v) is 6.14. The lowest BCUT2D eigenvalue weighted by Crippen LogP contribution is -2.17. The number of nitro groups is 1. The molecule has 0 saturated carbocycles. The van der Waals surface area contributed by atoms with Crippen LogP contribution >= 0.6 is 15.9 Å². The highest BCUT2D eigenvalue weighted by molar-refractivity contribution is 9.10. The van der Waals surface area contributed by atoms with Gasteiger partial charge in [0.2, 0.25) is 10.0 Å². The number of nitrogens with two attached hydrogens (primary N) is 1. The fraction of sp³-hybridized carbons (Fsp3) is 0.167. The number of hydrogen-bond donors (Lipinski definition) is 1. The van der Waals surface area contributed by atoms with Crippen LogP contribution in [0.2, 0.25) is 0 Å². The number of alkyl halides is 2. The summed E-state index contributed by atoms with van der Waals surface area (Å²) >= 11 is 2.66. The molecule has 0 aliphatic rings. The zero-order valence-electron chi connectivity index (χ0n) is 7.80. The fourth-order valence-electron chi connectivity index (χ4n) is 1.08. The van der Waals surface area contributed by atoms with E-state index in [1.54, 1.807) is 0 Å². The van der Waals surface area contributed by atoms with Crippen LogP contribution in [0.3, 0.4) is 0 Å². The van der Waals surface area contributed by atoms with Gasteiger partial charge in [-0.05, 0) is 15.9 Å². The highest BCUT2D eigenvalue weighted by Crippen LogP contribution is 2.36. The first-order valence-electron chi connectivity index (χ1n) is 3.80. The summed E-state index contributed by atoms with van der Waals surface area (Å²) in [5.74, 6) is 0. The molecule has 0 atom stereocenters. The molecule has 17 heavy (non-hydrogen) atoms. The Morgan fingerprint density at radius 1 is 1.53 bits per heavy atom. The van der Waals surface area contributed by atoms with Crippen molar-refractivity contribution in [2.75, 3.05) is 0 Å². The highest BCUT2D eigenvalue weighted by Gasteiger charge is 2.34. The average Bonchev–Trinajstić information content (AvgIpc) is 2.14. The molecule has 0 fully saturated rings. The molecule has 11 heteroatoms. The van der Waals surface area contributed by atoms with E-state index in [0.29, 0.717) is 6.20 Å². The third kappa shape index (κ3) is 2.73. The highest BCUT2D eigenvalue weighted by atomic mass is 79.9. The van der Waals surface area contributed by atoms with E-state index in [9.17, 15) is 27.3 Å². The van der Waals surface area contributed by atoms with E-state index in [1.807, 2.05) is 0 Å². The number of halogens is 3. The molecule has 0 aliphatic carbocycles. The van der Waals surface area contributed by atoms with Crippen LogP contribution in [0.25, 0.3) is 0 Å². The van der Waals surface area contributed by atoms with Gasteiger partial charge in [-0.3, -0.25) is 10.1 Å². The van der Waals surface area contributed by atoms with Crippen molar-refractivity contribution in [2.24, 2.45) is 5.14 Å². The predicted octanol–water partition coefficient (Wildman–Crippen LogP) is 1.34. The van der Waals surface area contributed by atoms with Crippen molar-refractivity contribution in [1.82, 2.24) is 4.98 Å². The number of sulfonamides is 1. The van der Waals surface area contributed by atoms with Crippen molar-refractivity contribution in [3.05, 3.63) is 26.5 Å². The quantitative estimate of drug-likeness (QED) is 0.662. The van der Waals surface area contributed by atoms with Crippen LogP contribution in [0.1, 0.15) is 12.1 Å². The number of rotatable bonds is 3. The van der Waals surface area contributed by atoms with Crippen molar-refractivity contribution in [1.29, 1.82) is 0 Å². The van der Waals surface area contributed by atoms with Gasteiger partial charge in [-0.25, -0.2) is 27.3 Å². The van der Waals surface area contributed by atoms with Gasteiger partial charge in [0.05, 0.1) is 9.40 Å². The standard InChI is InChI=1S/C6H4BrF2N3O4S/c7-2-1-11-3(6(8)9)4(12(13)14)5(2)17(10,15)16/h1,6H,(H2,10,15,16). The molecular formula is C6H4BrF2N3O4S. The number of primary sulfonamides is 1. The zero-order valence-corrected chi connectivity index (χ0v) is 10.2. The second-order valence-electron chi connectivity index (χ2n) is 2.77. The Morgan fingerprint density at radius 2 is 2.06 bits per heavy atom. The molecule has 94 valence electrons. The second-order valence-corrected chi connectivity index (χ2v) is 5.12. The Bertz CT molecular complexity index is 577. The molecule has 0 aliphatic heterocycles. The van der Waals surface area contributed by atoms with Crippen LogP contribution < -0.4 is 5.14 Å². The maximum absolute atomic E-state index is 12.5. The Morgan fingerprint density at radius 3 is 2.41 bits per heavy atom. The Kier molecular flexibility index (Phi) is 3.74. The summed E-state index contributed by atoms with van der Waals surface area (Å²) in [5, 5.41) is 15.4. The summed E-state index contributed by atoms with van der Waals surface area (Å²) in [7, 11) is -4.53. The van der Waals surface area contributed by atoms with Crippen LogP contribution in [0.5, 0.6) is 0 Å². The number of aromatic nitrogens is 1. The molecule has 0 aromatic carbocycles. The molecule has 0 radical (unpaired) electrons. The minimum atomic E-state index is -4.53. The van der Waals surface area contributed by atoms with Gasteiger partial charge >= 0.3 is 5.69 Å². The topological polar surface area (TPSA) is 116 Å². The fourth-order valence-corrected chi connectivity index (χ4v) is 2.82. The molecule has 7 nitrogen and oxygen atoms in total. The van der Waals surface area contributed by atoms with E-state index >= 15 is 0 Å². The van der Waals surface area contributed by atoms with E-state index in [1.165, 1.54) is 0 Å². The molecule has 0 bridgehead atoms. The molecule has 0 amide bonds. The Hall–Kier alpha value is -1.20. The van der Waals surface area contributed by atoms with Crippen LogP contribution in [-0.4, -0.2) is 18.3 Å². The van der Waals surface area contributed by atoms with E-state index in [-0.39, 0.29) is 4.47 Å². The maximum atomic E-state index is 12.5. The van der Waals surface area contributed by atoms with E-state index in [0.717, 1.165) is 0 Å². The van der Waals surface area contributed by atoms with Crippen LogP contribution in [-0.2, 0) is 10.0 Å². The van der Waals surface area contributed by atoms with Crippen LogP contribution in [0.15, 0.2) is 15.6 Å². The molecule has 0 spiro atoms. The summed E-state index contributed by atoms with van der Waals surface area (Å²) in [6.07, 6.45) is -2.57. The molecule has 0 unspecified atom stereocenters. The molecule has 1 aromatic rings.